The molecule has 1 aliphatic heterocycles. The van der Waals surface area contributed by atoms with Crippen LogP contribution in [0.3, 0.4) is 0 Å². The van der Waals surface area contributed by atoms with Gasteiger partial charge < -0.3 is 19.9 Å². The third kappa shape index (κ3) is 4.17. The number of imidazole rings is 1. The lowest BCUT2D eigenvalue weighted by molar-refractivity contribution is 0.0860. The Morgan fingerprint density at radius 1 is 1.52 bits per heavy atom. The molecule has 3 rings (SSSR count). The number of nitrogens with zero attached hydrogens (tertiary/aromatic N) is 2. The summed E-state index contributed by atoms with van der Waals surface area (Å²) < 4.78 is 21.6. The van der Waals surface area contributed by atoms with E-state index in [9.17, 15) is 9.18 Å². The fraction of sp³-hybridized carbons (Fsp3) is 0.444. The molecule has 1 aliphatic rings. The van der Waals surface area contributed by atoms with E-state index in [4.69, 9.17) is 4.74 Å². The van der Waals surface area contributed by atoms with Gasteiger partial charge in [0, 0.05) is 25.5 Å². The molecular weight excluding hydrogens is 323 g/mol. The number of rotatable bonds is 5. The highest BCUT2D eigenvalue weighted by Gasteiger charge is 2.23. The molecule has 6 nitrogen and oxygen atoms in total. The summed E-state index contributed by atoms with van der Waals surface area (Å²) in [6.45, 7) is 4.75. The topological polar surface area (TPSA) is 68.2 Å². The van der Waals surface area contributed by atoms with Gasteiger partial charge in [-0.2, -0.15) is 0 Å². The van der Waals surface area contributed by atoms with E-state index in [2.05, 4.69) is 15.6 Å². The van der Waals surface area contributed by atoms with E-state index < -0.39 is 0 Å². The number of urea groups is 1. The largest absolute Gasteiger partial charge is 0.376 e. The molecule has 25 heavy (non-hydrogen) atoms. The number of carbonyl (C=O) groups is 1. The van der Waals surface area contributed by atoms with Crippen molar-refractivity contribution in [3.63, 3.8) is 0 Å². The first-order chi connectivity index (χ1) is 12.0. The number of ether oxygens (including phenoxy) is 1. The van der Waals surface area contributed by atoms with Crippen LogP contribution in [-0.2, 0) is 11.3 Å². The van der Waals surface area contributed by atoms with E-state index in [-0.39, 0.29) is 30.5 Å². The quantitative estimate of drug-likeness (QED) is 0.875. The summed E-state index contributed by atoms with van der Waals surface area (Å²) in [4.78, 5) is 16.1. The van der Waals surface area contributed by atoms with Crippen molar-refractivity contribution in [1.29, 1.82) is 0 Å². The maximum atomic E-state index is 14.3. The van der Waals surface area contributed by atoms with Gasteiger partial charge in [0.25, 0.3) is 0 Å². The summed E-state index contributed by atoms with van der Waals surface area (Å²) >= 11 is 0. The lowest BCUT2D eigenvalue weighted by atomic mass is 10.1. The van der Waals surface area contributed by atoms with Gasteiger partial charge in [-0.25, -0.2) is 14.2 Å². The lowest BCUT2D eigenvalue weighted by Gasteiger charge is -2.20. The van der Waals surface area contributed by atoms with Crippen LogP contribution in [0.2, 0.25) is 0 Å². The van der Waals surface area contributed by atoms with E-state index in [0.29, 0.717) is 17.1 Å². The number of carbonyl (C=O) groups excluding carboxylic acids is 1. The molecule has 0 bridgehead atoms. The fourth-order valence-corrected chi connectivity index (χ4v) is 3.02. The van der Waals surface area contributed by atoms with Crippen LogP contribution in [0.4, 0.5) is 9.18 Å². The summed E-state index contributed by atoms with van der Waals surface area (Å²) in [7, 11) is 0. The molecule has 1 fully saturated rings. The Hall–Kier alpha value is -2.41. The Morgan fingerprint density at radius 3 is 3.00 bits per heavy atom. The summed E-state index contributed by atoms with van der Waals surface area (Å²) in [5.74, 6) is 0.362. The highest BCUT2D eigenvalue weighted by Crippen LogP contribution is 2.17. The minimum Gasteiger partial charge on any atom is -0.376 e. The molecule has 2 heterocycles. The predicted molar refractivity (Wildman–Crippen MR) is 92.1 cm³/mol. The molecule has 2 N–H and O–H groups in total. The SMILES string of the molecule is Cc1nccn1-c1ccc(CNC(=O)NC(C)C2CCCO2)cc1F. The molecular formula is C18H23FN4O2. The molecule has 0 saturated carbocycles. The second-order valence-electron chi connectivity index (χ2n) is 6.30. The number of hydrogen-bond acceptors (Lipinski definition) is 3. The first-order valence-electron chi connectivity index (χ1n) is 8.49. The molecule has 0 spiro atoms. The lowest BCUT2D eigenvalue weighted by Crippen LogP contribution is -2.45. The number of benzene rings is 1. The Balaban J connectivity index is 1.55. The number of aryl methyl sites for hydroxylation is 1. The Labute approximate surface area is 146 Å². The van der Waals surface area contributed by atoms with Crippen molar-refractivity contribution < 1.29 is 13.9 Å². The van der Waals surface area contributed by atoms with Gasteiger partial charge in [0.2, 0.25) is 0 Å². The van der Waals surface area contributed by atoms with Crippen LogP contribution in [0, 0.1) is 12.7 Å². The molecule has 1 aromatic heterocycles. The summed E-state index contributed by atoms with van der Waals surface area (Å²) in [6, 6.07) is 4.58. The third-order valence-electron chi connectivity index (χ3n) is 4.43. The predicted octanol–water partition coefficient (Wildman–Crippen LogP) is 2.69. The third-order valence-corrected chi connectivity index (χ3v) is 4.43. The van der Waals surface area contributed by atoms with Gasteiger partial charge in [0.05, 0.1) is 17.8 Å². The van der Waals surface area contributed by atoms with Crippen molar-refractivity contribution in [2.45, 2.75) is 45.4 Å². The van der Waals surface area contributed by atoms with Gasteiger partial charge in [-0.1, -0.05) is 6.07 Å². The molecule has 2 atom stereocenters. The number of halogens is 1. The van der Waals surface area contributed by atoms with Crippen LogP contribution in [0.5, 0.6) is 0 Å². The van der Waals surface area contributed by atoms with Gasteiger partial charge in [-0.05, 0) is 44.4 Å². The molecule has 0 aliphatic carbocycles. The minimum atomic E-state index is -0.353. The maximum absolute atomic E-state index is 14.3. The van der Waals surface area contributed by atoms with Gasteiger partial charge >= 0.3 is 6.03 Å². The zero-order valence-corrected chi connectivity index (χ0v) is 14.5. The van der Waals surface area contributed by atoms with Crippen LogP contribution in [-0.4, -0.2) is 34.3 Å². The molecule has 2 aromatic rings. The monoisotopic (exact) mass is 346 g/mol. The normalized spacial score (nSPS) is 18.1. The standard InChI is InChI=1S/C18H23FN4O2/c1-12(17-4-3-9-25-17)22-18(24)21-11-14-5-6-16(15(19)10-14)23-8-7-20-13(23)2/h5-8,10,12,17H,3-4,9,11H2,1-2H3,(H2,21,22,24). The van der Waals surface area contributed by atoms with Gasteiger partial charge in [0.1, 0.15) is 11.6 Å². The second-order valence-corrected chi connectivity index (χ2v) is 6.30. The van der Waals surface area contributed by atoms with Crippen molar-refractivity contribution in [1.82, 2.24) is 20.2 Å². The molecule has 1 saturated heterocycles. The summed E-state index contributed by atoms with van der Waals surface area (Å²) in [6.07, 6.45) is 5.40. The van der Waals surface area contributed by atoms with Crippen molar-refractivity contribution in [2.24, 2.45) is 0 Å². The van der Waals surface area contributed by atoms with Crippen LogP contribution < -0.4 is 10.6 Å². The van der Waals surface area contributed by atoms with Crippen molar-refractivity contribution in [3.8, 4) is 5.69 Å². The second kappa shape index (κ2) is 7.65. The zero-order chi connectivity index (χ0) is 17.8. The molecule has 2 unspecified atom stereocenters. The molecule has 0 radical (unpaired) electrons. The first kappa shape index (κ1) is 17.4. The highest BCUT2D eigenvalue weighted by atomic mass is 19.1. The average Bonchev–Trinajstić information content (AvgIpc) is 3.25. The zero-order valence-electron chi connectivity index (χ0n) is 14.5. The van der Waals surface area contributed by atoms with E-state index >= 15 is 0 Å². The van der Waals surface area contributed by atoms with E-state index in [1.165, 1.54) is 6.07 Å². The fourth-order valence-electron chi connectivity index (χ4n) is 3.02. The molecule has 134 valence electrons. The van der Waals surface area contributed by atoms with Crippen molar-refractivity contribution >= 4 is 6.03 Å². The minimum absolute atomic E-state index is 0.0502. The first-order valence-corrected chi connectivity index (χ1v) is 8.49. The maximum Gasteiger partial charge on any atom is 0.315 e. The average molecular weight is 346 g/mol. The van der Waals surface area contributed by atoms with E-state index in [1.54, 1.807) is 29.1 Å². The molecule has 2 amide bonds. The van der Waals surface area contributed by atoms with Crippen molar-refractivity contribution in [3.05, 3.63) is 47.8 Å². The van der Waals surface area contributed by atoms with Crippen LogP contribution in [0.25, 0.3) is 5.69 Å². The number of aromatic nitrogens is 2. The number of nitrogens with one attached hydrogen (secondary N) is 2. The van der Waals surface area contributed by atoms with Gasteiger partial charge in [0.15, 0.2) is 0 Å². The van der Waals surface area contributed by atoms with E-state index in [0.717, 1.165) is 19.4 Å². The van der Waals surface area contributed by atoms with Gasteiger partial charge in [-0.15, -0.1) is 0 Å². The van der Waals surface area contributed by atoms with E-state index in [1.807, 2.05) is 13.8 Å². The Kier molecular flexibility index (Phi) is 5.33. The summed E-state index contributed by atoms with van der Waals surface area (Å²) in [5, 5.41) is 5.62. The smallest absolute Gasteiger partial charge is 0.315 e. The highest BCUT2D eigenvalue weighted by molar-refractivity contribution is 5.74. The van der Waals surface area contributed by atoms with Crippen LogP contribution in [0.15, 0.2) is 30.6 Å². The number of hydrogen-bond donors (Lipinski definition) is 2. The van der Waals surface area contributed by atoms with Crippen LogP contribution in [0.1, 0.15) is 31.2 Å². The summed E-state index contributed by atoms with van der Waals surface area (Å²) in [5.41, 5.74) is 1.13. The molecule has 7 heteroatoms. The Morgan fingerprint density at radius 2 is 2.36 bits per heavy atom. The van der Waals surface area contributed by atoms with Gasteiger partial charge in [-0.3, -0.25) is 0 Å². The van der Waals surface area contributed by atoms with Crippen LogP contribution >= 0.6 is 0 Å². The molecule has 1 aromatic carbocycles. The number of amides is 2. The Bertz CT molecular complexity index is 740. The van der Waals surface area contributed by atoms with Crippen molar-refractivity contribution in [2.75, 3.05) is 6.61 Å².